The number of hydrogen-bond acceptors (Lipinski definition) is 3. The minimum Gasteiger partial charge on any atom is -0.449 e. The quantitative estimate of drug-likeness (QED) is 0.760. The monoisotopic (exact) mass is 278 g/mol. The van der Waals surface area contributed by atoms with Crippen molar-refractivity contribution < 1.29 is 9.53 Å². The van der Waals surface area contributed by atoms with Gasteiger partial charge >= 0.3 is 6.09 Å². The predicted octanol–water partition coefficient (Wildman–Crippen LogP) is 2.81. The molecular weight excluding hydrogens is 252 g/mol. The first-order valence-corrected chi connectivity index (χ1v) is 6.93. The van der Waals surface area contributed by atoms with E-state index in [4.69, 9.17) is 4.74 Å². The third-order valence-electron chi connectivity index (χ3n) is 3.17. The molecule has 1 rings (SSSR count). The Morgan fingerprint density at radius 3 is 2.50 bits per heavy atom. The van der Waals surface area contributed by atoms with Crippen LogP contribution in [0.1, 0.15) is 46.0 Å². The normalized spacial score (nSPS) is 15.9. The predicted molar refractivity (Wildman–Crippen MR) is 76.4 cm³/mol. The largest absolute Gasteiger partial charge is 0.449 e. The molecule has 0 unspecified atom stereocenters. The molecule has 0 aromatic heterocycles. The van der Waals surface area contributed by atoms with E-state index >= 15 is 0 Å². The maximum absolute atomic E-state index is 12.0. The third-order valence-corrected chi connectivity index (χ3v) is 3.17. The highest BCUT2D eigenvalue weighted by atomic mass is 35.5. The first-order valence-electron chi connectivity index (χ1n) is 6.93. The molecule has 0 atom stereocenters. The van der Waals surface area contributed by atoms with Crippen LogP contribution in [0.25, 0.3) is 0 Å². The van der Waals surface area contributed by atoms with E-state index in [0.717, 1.165) is 51.7 Å². The molecule has 1 aliphatic rings. The molecule has 0 radical (unpaired) electrons. The number of rotatable bonds is 6. The number of ether oxygens (including phenoxy) is 1. The fourth-order valence-corrected chi connectivity index (χ4v) is 2.17. The molecule has 108 valence electrons. The Bertz CT molecular complexity index is 221. The van der Waals surface area contributed by atoms with Gasteiger partial charge in [-0.2, -0.15) is 0 Å². The number of carbonyl (C=O) groups is 1. The summed E-state index contributed by atoms with van der Waals surface area (Å²) in [5.74, 6) is 0. The summed E-state index contributed by atoms with van der Waals surface area (Å²) in [6.45, 7) is 7.59. The Morgan fingerprint density at radius 1 is 1.28 bits per heavy atom. The molecule has 1 heterocycles. The lowest BCUT2D eigenvalue weighted by Gasteiger charge is -2.33. The summed E-state index contributed by atoms with van der Waals surface area (Å²) in [5.41, 5.74) is 0. The van der Waals surface area contributed by atoms with Crippen molar-refractivity contribution in [1.82, 2.24) is 10.2 Å². The molecule has 1 N–H and O–H groups in total. The maximum atomic E-state index is 12.0. The van der Waals surface area contributed by atoms with E-state index < -0.39 is 0 Å². The van der Waals surface area contributed by atoms with Gasteiger partial charge < -0.3 is 15.0 Å². The Hall–Kier alpha value is -0.480. The first-order chi connectivity index (χ1) is 8.29. The van der Waals surface area contributed by atoms with Gasteiger partial charge in [-0.1, -0.05) is 20.3 Å². The Balaban J connectivity index is 0.00000289. The number of piperidine rings is 1. The topological polar surface area (TPSA) is 41.6 Å². The lowest BCUT2D eigenvalue weighted by molar-refractivity contribution is 0.0777. The van der Waals surface area contributed by atoms with Gasteiger partial charge in [0.05, 0.1) is 6.61 Å². The van der Waals surface area contributed by atoms with Crippen molar-refractivity contribution in [3.8, 4) is 0 Å². The molecular formula is C13H27ClN2O2. The van der Waals surface area contributed by atoms with Crippen LogP contribution in [-0.2, 0) is 4.74 Å². The molecule has 18 heavy (non-hydrogen) atoms. The van der Waals surface area contributed by atoms with E-state index in [1.165, 1.54) is 0 Å². The van der Waals surface area contributed by atoms with Gasteiger partial charge in [-0.15, -0.1) is 12.4 Å². The van der Waals surface area contributed by atoms with E-state index in [0.29, 0.717) is 12.6 Å². The second-order valence-corrected chi connectivity index (χ2v) is 4.64. The summed E-state index contributed by atoms with van der Waals surface area (Å²) < 4.78 is 5.32. The Kier molecular flexibility index (Phi) is 10.2. The standard InChI is InChI=1S/C13H26N2O2.ClH/c1-3-5-11-17-13(16)15(10-4-2)12-6-8-14-9-7-12;/h12,14H,3-11H2,1-2H3;1H. The molecule has 1 saturated heterocycles. The second kappa shape index (κ2) is 10.4. The van der Waals surface area contributed by atoms with Crippen LogP contribution in [0.4, 0.5) is 4.79 Å². The lowest BCUT2D eigenvalue weighted by atomic mass is 10.1. The smallest absolute Gasteiger partial charge is 0.410 e. The third kappa shape index (κ3) is 5.91. The minimum atomic E-state index is -0.118. The van der Waals surface area contributed by atoms with Gasteiger partial charge in [-0.05, 0) is 38.8 Å². The number of unbranched alkanes of at least 4 members (excludes halogenated alkanes) is 1. The zero-order valence-electron chi connectivity index (χ0n) is 11.6. The Morgan fingerprint density at radius 2 is 1.94 bits per heavy atom. The van der Waals surface area contributed by atoms with E-state index in [9.17, 15) is 4.79 Å². The summed E-state index contributed by atoms with van der Waals surface area (Å²) in [5, 5.41) is 3.32. The van der Waals surface area contributed by atoms with Crippen LogP contribution in [0.5, 0.6) is 0 Å². The zero-order valence-corrected chi connectivity index (χ0v) is 12.4. The molecule has 0 spiro atoms. The van der Waals surface area contributed by atoms with Gasteiger partial charge in [0.25, 0.3) is 0 Å². The van der Waals surface area contributed by atoms with Gasteiger partial charge in [-0.3, -0.25) is 0 Å². The number of carbonyl (C=O) groups excluding carboxylic acids is 1. The summed E-state index contributed by atoms with van der Waals surface area (Å²) in [6.07, 6.45) is 4.98. The number of amides is 1. The van der Waals surface area contributed by atoms with Gasteiger partial charge in [0.1, 0.15) is 0 Å². The van der Waals surface area contributed by atoms with Crippen molar-refractivity contribution in [3.63, 3.8) is 0 Å². The molecule has 0 aromatic carbocycles. The van der Waals surface area contributed by atoms with Gasteiger partial charge in [0.2, 0.25) is 0 Å². The summed E-state index contributed by atoms with van der Waals surface area (Å²) >= 11 is 0. The van der Waals surface area contributed by atoms with Crippen LogP contribution in [-0.4, -0.2) is 43.3 Å². The first kappa shape index (κ1) is 17.5. The summed E-state index contributed by atoms with van der Waals surface area (Å²) in [4.78, 5) is 13.9. The van der Waals surface area contributed by atoms with Gasteiger partial charge in [-0.25, -0.2) is 4.79 Å². The van der Waals surface area contributed by atoms with Crippen molar-refractivity contribution in [1.29, 1.82) is 0 Å². The highest BCUT2D eigenvalue weighted by molar-refractivity contribution is 5.85. The van der Waals surface area contributed by atoms with Crippen LogP contribution >= 0.6 is 12.4 Å². The number of nitrogens with one attached hydrogen (secondary N) is 1. The average molecular weight is 279 g/mol. The minimum absolute atomic E-state index is 0. The van der Waals surface area contributed by atoms with E-state index in [1.54, 1.807) is 0 Å². The number of hydrogen-bond donors (Lipinski definition) is 1. The van der Waals surface area contributed by atoms with Crippen LogP contribution in [0.3, 0.4) is 0 Å². The van der Waals surface area contributed by atoms with Crippen molar-refractivity contribution in [3.05, 3.63) is 0 Å². The molecule has 5 heteroatoms. The summed E-state index contributed by atoms with van der Waals surface area (Å²) in [7, 11) is 0. The fraction of sp³-hybridized carbons (Fsp3) is 0.923. The van der Waals surface area contributed by atoms with Crippen LogP contribution < -0.4 is 5.32 Å². The van der Waals surface area contributed by atoms with Gasteiger partial charge in [0, 0.05) is 12.6 Å². The van der Waals surface area contributed by atoms with Crippen molar-refractivity contribution in [2.75, 3.05) is 26.2 Å². The van der Waals surface area contributed by atoms with E-state index in [-0.39, 0.29) is 18.5 Å². The molecule has 1 fully saturated rings. The molecule has 0 aromatic rings. The van der Waals surface area contributed by atoms with Crippen LogP contribution in [0.2, 0.25) is 0 Å². The zero-order chi connectivity index (χ0) is 12.5. The molecule has 0 aliphatic carbocycles. The SMILES string of the molecule is CCCCOC(=O)N(CCC)C1CCNCC1.Cl. The molecule has 4 nitrogen and oxygen atoms in total. The molecule has 1 aliphatic heterocycles. The average Bonchev–Trinajstić information content (AvgIpc) is 2.37. The highest BCUT2D eigenvalue weighted by Gasteiger charge is 2.25. The molecule has 1 amide bonds. The fourth-order valence-electron chi connectivity index (χ4n) is 2.17. The van der Waals surface area contributed by atoms with Crippen molar-refractivity contribution in [2.45, 2.75) is 52.0 Å². The van der Waals surface area contributed by atoms with E-state index in [2.05, 4.69) is 19.2 Å². The van der Waals surface area contributed by atoms with Gasteiger partial charge in [0.15, 0.2) is 0 Å². The summed E-state index contributed by atoms with van der Waals surface area (Å²) in [6, 6.07) is 0.366. The molecule has 0 saturated carbocycles. The molecule has 0 bridgehead atoms. The Labute approximate surface area is 117 Å². The lowest BCUT2D eigenvalue weighted by Crippen LogP contribution is -2.46. The number of nitrogens with zero attached hydrogens (tertiary/aromatic N) is 1. The van der Waals surface area contributed by atoms with Crippen molar-refractivity contribution in [2.24, 2.45) is 0 Å². The highest BCUT2D eigenvalue weighted by Crippen LogP contribution is 2.14. The van der Waals surface area contributed by atoms with Crippen LogP contribution in [0, 0.1) is 0 Å². The number of halogens is 1. The second-order valence-electron chi connectivity index (χ2n) is 4.64. The van der Waals surface area contributed by atoms with Crippen molar-refractivity contribution >= 4 is 18.5 Å². The van der Waals surface area contributed by atoms with E-state index in [1.807, 2.05) is 4.90 Å². The maximum Gasteiger partial charge on any atom is 0.410 e. The van der Waals surface area contributed by atoms with Crippen LogP contribution in [0.15, 0.2) is 0 Å².